The molecule has 0 radical (unpaired) electrons. The first kappa shape index (κ1) is 24.0. The fraction of sp³-hybridized carbons (Fsp3) is 0.286. The fourth-order valence-electron chi connectivity index (χ4n) is 4.04. The summed E-state index contributed by atoms with van der Waals surface area (Å²) in [7, 11) is 0. The lowest BCUT2D eigenvalue weighted by molar-refractivity contribution is -0.122. The number of aliphatic imine (C=N–C) groups is 1. The van der Waals surface area contributed by atoms with Crippen LogP contribution < -0.4 is 0 Å². The van der Waals surface area contributed by atoms with Crippen LogP contribution in [0.3, 0.4) is 0 Å². The lowest BCUT2D eigenvalue weighted by Gasteiger charge is -2.15. The van der Waals surface area contributed by atoms with E-state index in [1.165, 1.54) is 22.9 Å². The maximum Gasteiger partial charge on any atom is 0.266 e. The molecule has 0 saturated carbocycles. The number of aryl methyl sites for hydroxylation is 3. The molecule has 1 saturated heterocycles. The smallest absolute Gasteiger partial charge is 0.266 e. The number of nitrogens with zero attached hydrogens (tertiary/aromatic N) is 3. The zero-order chi connectivity index (χ0) is 24.2. The molecule has 3 aromatic rings. The van der Waals surface area contributed by atoms with Crippen LogP contribution in [0.5, 0.6) is 0 Å². The van der Waals surface area contributed by atoms with Crippen molar-refractivity contribution in [1.29, 1.82) is 0 Å². The third-order valence-electron chi connectivity index (χ3n) is 6.04. The normalized spacial score (nSPS) is 16.3. The average Bonchev–Trinajstić information content (AvgIpc) is 3.26. The molecule has 0 spiro atoms. The molecule has 5 nitrogen and oxygen atoms in total. The molecule has 1 aliphatic rings. The number of rotatable bonds is 7. The molecule has 2 heterocycles. The van der Waals surface area contributed by atoms with E-state index in [2.05, 4.69) is 56.5 Å². The van der Waals surface area contributed by atoms with Gasteiger partial charge in [-0.15, -0.1) is 0 Å². The molecular formula is C28H31N3O2S. The maximum atomic E-state index is 13.4. The Balaban J connectivity index is 1.69. The Labute approximate surface area is 206 Å². The van der Waals surface area contributed by atoms with Crippen LogP contribution in [0.1, 0.15) is 35.0 Å². The second-order valence-electron chi connectivity index (χ2n) is 8.42. The Bertz CT molecular complexity index is 1260. The molecule has 34 heavy (non-hydrogen) atoms. The van der Waals surface area contributed by atoms with Crippen LogP contribution in [0.4, 0.5) is 5.69 Å². The lowest BCUT2D eigenvalue weighted by Crippen LogP contribution is -2.32. The van der Waals surface area contributed by atoms with E-state index in [4.69, 9.17) is 9.73 Å². The molecule has 0 atom stereocenters. The SMILES string of the molecule is CCOCCN1C(=O)/C(=C/c2cc(C)n(-c3ccc(C)c(C)c3)c2C)SC1=Nc1ccccc1. The van der Waals surface area contributed by atoms with Gasteiger partial charge in [-0.2, -0.15) is 0 Å². The molecule has 0 bridgehead atoms. The highest BCUT2D eigenvalue weighted by Gasteiger charge is 2.33. The van der Waals surface area contributed by atoms with Gasteiger partial charge in [-0.05, 0) is 99.5 Å². The van der Waals surface area contributed by atoms with Crippen molar-refractivity contribution in [3.05, 3.63) is 87.6 Å². The van der Waals surface area contributed by atoms with Crippen molar-refractivity contribution in [2.24, 2.45) is 4.99 Å². The van der Waals surface area contributed by atoms with E-state index in [1.807, 2.05) is 43.3 Å². The molecule has 1 aliphatic heterocycles. The number of ether oxygens (including phenoxy) is 1. The number of para-hydroxylation sites is 1. The predicted octanol–water partition coefficient (Wildman–Crippen LogP) is 6.35. The van der Waals surface area contributed by atoms with Crippen molar-refractivity contribution in [3.8, 4) is 5.69 Å². The van der Waals surface area contributed by atoms with Gasteiger partial charge in [-0.25, -0.2) is 4.99 Å². The number of carbonyl (C=O) groups is 1. The Hall–Kier alpha value is -3.09. The molecule has 1 fully saturated rings. The highest BCUT2D eigenvalue weighted by Crippen LogP contribution is 2.35. The molecule has 176 valence electrons. The topological polar surface area (TPSA) is 46.8 Å². The minimum Gasteiger partial charge on any atom is -0.380 e. The number of carbonyl (C=O) groups excluding carboxylic acids is 1. The van der Waals surface area contributed by atoms with Crippen molar-refractivity contribution in [3.63, 3.8) is 0 Å². The Morgan fingerprint density at radius 1 is 1.00 bits per heavy atom. The molecule has 6 heteroatoms. The second-order valence-corrected chi connectivity index (χ2v) is 9.43. The number of hydrogen-bond acceptors (Lipinski definition) is 4. The number of hydrogen-bond donors (Lipinski definition) is 0. The van der Waals surface area contributed by atoms with E-state index < -0.39 is 0 Å². The largest absolute Gasteiger partial charge is 0.380 e. The van der Waals surface area contributed by atoms with Crippen LogP contribution in [0, 0.1) is 27.7 Å². The van der Waals surface area contributed by atoms with Crippen molar-refractivity contribution < 1.29 is 9.53 Å². The van der Waals surface area contributed by atoms with Crippen molar-refractivity contribution in [1.82, 2.24) is 9.47 Å². The standard InChI is InChI=1S/C28H31N3O2S/c1-6-33-15-14-30-27(32)26(34-28(30)29-24-10-8-7-9-11-24)18-23-17-21(4)31(22(23)5)25-13-12-19(2)20(3)16-25/h7-13,16-18H,6,14-15H2,1-5H3/b26-18-,29-28?. The number of amidine groups is 1. The van der Waals surface area contributed by atoms with E-state index in [0.29, 0.717) is 29.8 Å². The van der Waals surface area contributed by atoms with Gasteiger partial charge in [0.15, 0.2) is 5.17 Å². The summed E-state index contributed by atoms with van der Waals surface area (Å²) in [4.78, 5) is 20.5. The molecule has 1 aromatic heterocycles. The number of aromatic nitrogens is 1. The first-order valence-electron chi connectivity index (χ1n) is 11.6. The number of benzene rings is 2. The molecule has 4 rings (SSSR count). The monoisotopic (exact) mass is 473 g/mol. The average molecular weight is 474 g/mol. The minimum atomic E-state index is -0.0321. The summed E-state index contributed by atoms with van der Waals surface area (Å²) in [5, 5.41) is 0.685. The molecule has 2 aromatic carbocycles. The van der Waals surface area contributed by atoms with Gasteiger partial charge in [0.05, 0.1) is 23.7 Å². The molecule has 1 amide bonds. The molecule has 0 unspecified atom stereocenters. The first-order chi connectivity index (χ1) is 16.4. The molecule has 0 aliphatic carbocycles. The van der Waals surface area contributed by atoms with E-state index in [0.717, 1.165) is 28.3 Å². The summed E-state index contributed by atoms with van der Waals surface area (Å²) in [6.07, 6.45) is 1.99. The maximum absolute atomic E-state index is 13.4. The van der Waals surface area contributed by atoms with Gasteiger partial charge in [-0.1, -0.05) is 24.3 Å². The second kappa shape index (κ2) is 10.5. The summed E-state index contributed by atoms with van der Waals surface area (Å²) >= 11 is 1.42. The van der Waals surface area contributed by atoms with E-state index in [9.17, 15) is 4.79 Å². The van der Waals surface area contributed by atoms with Crippen LogP contribution in [-0.4, -0.2) is 40.3 Å². The van der Waals surface area contributed by atoms with Gasteiger partial charge in [0.2, 0.25) is 0 Å². The zero-order valence-corrected chi connectivity index (χ0v) is 21.3. The lowest BCUT2D eigenvalue weighted by atomic mass is 10.1. The van der Waals surface area contributed by atoms with Crippen molar-refractivity contribution in [2.45, 2.75) is 34.6 Å². The van der Waals surface area contributed by atoms with Gasteiger partial charge in [0.25, 0.3) is 5.91 Å². The predicted molar refractivity (Wildman–Crippen MR) is 142 cm³/mol. The number of thioether (sulfide) groups is 1. The van der Waals surface area contributed by atoms with E-state index in [1.54, 1.807) is 4.90 Å². The van der Waals surface area contributed by atoms with E-state index in [-0.39, 0.29) is 5.91 Å². The summed E-state index contributed by atoms with van der Waals surface area (Å²) in [5.74, 6) is -0.0321. The van der Waals surface area contributed by atoms with Crippen LogP contribution in [0.25, 0.3) is 11.8 Å². The molecular weight excluding hydrogens is 442 g/mol. The Morgan fingerprint density at radius 2 is 1.76 bits per heavy atom. The third kappa shape index (κ3) is 5.03. The summed E-state index contributed by atoms with van der Waals surface area (Å²) < 4.78 is 7.76. The van der Waals surface area contributed by atoms with E-state index >= 15 is 0 Å². The molecule has 0 N–H and O–H groups in total. The highest BCUT2D eigenvalue weighted by atomic mass is 32.2. The van der Waals surface area contributed by atoms with Gasteiger partial charge in [0.1, 0.15) is 0 Å². The van der Waals surface area contributed by atoms with Gasteiger partial charge >= 0.3 is 0 Å². The third-order valence-corrected chi connectivity index (χ3v) is 7.04. The van der Waals surface area contributed by atoms with Crippen LogP contribution >= 0.6 is 11.8 Å². The zero-order valence-electron chi connectivity index (χ0n) is 20.5. The Kier molecular flexibility index (Phi) is 7.39. The highest BCUT2D eigenvalue weighted by molar-refractivity contribution is 8.18. The number of amides is 1. The van der Waals surface area contributed by atoms with Crippen LogP contribution in [0.2, 0.25) is 0 Å². The summed E-state index contributed by atoms with van der Waals surface area (Å²) in [5.41, 5.74) is 7.78. The Morgan fingerprint density at radius 3 is 2.47 bits per heavy atom. The summed E-state index contributed by atoms with van der Waals surface area (Å²) in [6.45, 7) is 12.0. The minimum absolute atomic E-state index is 0.0321. The summed E-state index contributed by atoms with van der Waals surface area (Å²) in [6, 6.07) is 18.4. The van der Waals surface area contributed by atoms with Gasteiger partial charge in [-0.3, -0.25) is 9.69 Å². The van der Waals surface area contributed by atoms with Gasteiger partial charge in [0, 0.05) is 23.7 Å². The first-order valence-corrected chi connectivity index (χ1v) is 12.4. The van der Waals surface area contributed by atoms with Crippen LogP contribution in [0.15, 0.2) is 64.5 Å². The van der Waals surface area contributed by atoms with Gasteiger partial charge < -0.3 is 9.30 Å². The van der Waals surface area contributed by atoms with Crippen molar-refractivity contribution >= 4 is 34.6 Å². The quantitative estimate of drug-likeness (QED) is 0.297. The van der Waals surface area contributed by atoms with Crippen LogP contribution in [-0.2, 0) is 9.53 Å². The van der Waals surface area contributed by atoms with Crippen molar-refractivity contribution in [2.75, 3.05) is 19.8 Å². The fourth-order valence-corrected chi connectivity index (χ4v) is 5.05.